The summed E-state index contributed by atoms with van der Waals surface area (Å²) in [6, 6.07) is 0. The molecule has 0 bridgehead atoms. The van der Waals surface area contributed by atoms with Gasteiger partial charge in [0, 0.05) is 19.4 Å². The Labute approximate surface area is 118 Å². The normalized spacial score (nSPS) is 25.9. The molecule has 1 saturated carbocycles. The molecule has 1 aliphatic rings. The number of ether oxygens (including phenoxy) is 1. The Morgan fingerprint density at radius 1 is 1.25 bits per heavy atom. The maximum absolute atomic E-state index is 11.5. The number of Topliss-reactive ketones (excluding diaryl/α,β-unsaturated/α-hetero) is 1. The number of carbonyl (C=O) groups excluding carboxylic acids is 3. The number of carbonyl (C=O) groups is 3. The van der Waals surface area contributed by atoms with E-state index in [2.05, 4.69) is 10.1 Å². The van der Waals surface area contributed by atoms with Crippen LogP contribution in [0.4, 0.5) is 0 Å². The van der Waals surface area contributed by atoms with E-state index in [0.29, 0.717) is 25.7 Å². The molecule has 20 heavy (non-hydrogen) atoms. The maximum Gasteiger partial charge on any atom is 0.308 e. The quantitative estimate of drug-likeness (QED) is 0.696. The number of methoxy groups -OCH3 is 1. The van der Waals surface area contributed by atoms with Crippen LogP contribution in [0.1, 0.15) is 45.4 Å². The second-order valence-corrected chi connectivity index (χ2v) is 5.50. The predicted octanol–water partition coefficient (Wildman–Crippen LogP) is 0.566. The average molecular weight is 285 g/mol. The summed E-state index contributed by atoms with van der Waals surface area (Å²) in [5.74, 6) is -0.660. The third kappa shape index (κ3) is 5.28. The van der Waals surface area contributed by atoms with Gasteiger partial charge in [0.25, 0.3) is 0 Å². The molecule has 0 unspecified atom stereocenters. The first-order valence-electron chi connectivity index (χ1n) is 6.92. The van der Waals surface area contributed by atoms with Crippen molar-refractivity contribution in [3.8, 4) is 0 Å². The van der Waals surface area contributed by atoms with E-state index >= 15 is 0 Å². The van der Waals surface area contributed by atoms with Crippen LogP contribution >= 0.6 is 0 Å². The van der Waals surface area contributed by atoms with Gasteiger partial charge in [0.1, 0.15) is 5.78 Å². The summed E-state index contributed by atoms with van der Waals surface area (Å²) in [4.78, 5) is 33.7. The molecule has 0 aromatic heterocycles. The van der Waals surface area contributed by atoms with E-state index in [-0.39, 0.29) is 43.0 Å². The predicted molar refractivity (Wildman–Crippen MR) is 71.8 cm³/mol. The van der Waals surface area contributed by atoms with Gasteiger partial charge in [0.05, 0.1) is 18.6 Å². The standard InChI is InChI=1S/C14H23NO5/c1-10(16)3-4-12(17)15-9-14(19)7-5-11(6-8-14)13(18)20-2/h11,19H,3-9H2,1-2H3,(H,15,17). The van der Waals surface area contributed by atoms with E-state index in [1.807, 2.05) is 0 Å². The summed E-state index contributed by atoms with van der Waals surface area (Å²) in [6.07, 6.45) is 2.41. The van der Waals surface area contributed by atoms with Gasteiger partial charge in [-0.2, -0.15) is 0 Å². The number of rotatable bonds is 6. The van der Waals surface area contributed by atoms with Crippen LogP contribution < -0.4 is 5.32 Å². The van der Waals surface area contributed by atoms with Crippen LogP contribution in [0.2, 0.25) is 0 Å². The van der Waals surface area contributed by atoms with Gasteiger partial charge in [-0.25, -0.2) is 0 Å². The Kier molecular flexibility index (Phi) is 6.13. The molecule has 0 aromatic rings. The lowest BCUT2D eigenvalue weighted by Gasteiger charge is -2.35. The van der Waals surface area contributed by atoms with Crippen LogP contribution in [0.25, 0.3) is 0 Å². The fourth-order valence-electron chi connectivity index (χ4n) is 2.38. The Balaban J connectivity index is 2.32. The minimum Gasteiger partial charge on any atom is -0.469 e. The van der Waals surface area contributed by atoms with Crippen molar-refractivity contribution in [1.82, 2.24) is 5.32 Å². The molecule has 114 valence electrons. The lowest BCUT2D eigenvalue weighted by Crippen LogP contribution is -2.46. The molecule has 0 aromatic carbocycles. The van der Waals surface area contributed by atoms with Crippen molar-refractivity contribution in [2.75, 3.05) is 13.7 Å². The zero-order valence-electron chi connectivity index (χ0n) is 12.1. The molecule has 1 rings (SSSR count). The molecule has 0 aliphatic heterocycles. The lowest BCUT2D eigenvalue weighted by atomic mass is 9.79. The van der Waals surface area contributed by atoms with Crippen molar-refractivity contribution in [3.63, 3.8) is 0 Å². The van der Waals surface area contributed by atoms with E-state index in [9.17, 15) is 19.5 Å². The summed E-state index contributed by atoms with van der Waals surface area (Å²) in [5.41, 5.74) is -0.962. The maximum atomic E-state index is 11.5. The summed E-state index contributed by atoms with van der Waals surface area (Å²) in [7, 11) is 1.36. The van der Waals surface area contributed by atoms with Gasteiger partial charge < -0.3 is 20.0 Å². The molecule has 6 heteroatoms. The number of esters is 1. The van der Waals surface area contributed by atoms with Crippen LogP contribution in [0.3, 0.4) is 0 Å². The molecule has 1 amide bonds. The smallest absolute Gasteiger partial charge is 0.308 e. The van der Waals surface area contributed by atoms with Crippen molar-refractivity contribution in [2.24, 2.45) is 5.92 Å². The Morgan fingerprint density at radius 2 is 1.85 bits per heavy atom. The van der Waals surface area contributed by atoms with Gasteiger partial charge in [-0.3, -0.25) is 9.59 Å². The summed E-state index contributed by atoms with van der Waals surface area (Å²) in [6.45, 7) is 1.60. The van der Waals surface area contributed by atoms with Crippen LogP contribution in [-0.2, 0) is 19.1 Å². The minimum atomic E-state index is -0.962. The van der Waals surface area contributed by atoms with Crippen molar-refractivity contribution in [3.05, 3.63) is 0 Å². The Bertz CT molecular complexity index is 372. The van der Waals surface area contributed by atoms with Gasteiger partial charge >= 0.3 is 5.97 Å². The highest BCUT2D eigenvalue weighted by Gasteiger charge is 2.36. The van der Waals surface area contributed by atoms with Crippen LogP contribution in [0, 0.1) is 5.92 Å². The van der Waals surface area contributed by atoms with E-state index < -0.39 is 5.60 Å². The Morgan fingerprint density at radius 3 is 2.35 bits per heavy atom. The monoisotopic (exact) mass is 285 g/mol. The number of ketones is 1. The van der Waals surface area contributed by atoms with Crippen molar-refractivity contribution in [1.29, 1.82) is 0 Å². The van der Waals surface area contributed by atoms with Gasteiger partial charge in [-0.15, -0.1) is 0 Å². The molecule has 6 nitrogen and oxygen atoms in total. The largest absolute Gasteiger partial charge is 0.469 e. The molecule has 0 heterocycles. The third-order valence-corrected chi connectivity index (χ3v) is 3.77. The fraction of sp³-hybridized carbons (Fsp3) is 0.786. The van der Waals surface area contributed by atoms with E-state index in [1.54, 1.807) is 0 Å². The molecule has 0 saturated heterocycles. The molecule has 2 N–H and O–H groups in total. The first-order chi connectivity index (χ1) is 9.36. The molecular formula is C14H23NO5. The van der Waals surface area contributed by atoms with Gasteiger partial charge in [-0.1, -0.05) is 0 Å². The van der Waals surface area contributed by atoms with Crippen molar-refractivity contribution < 1.29 is 24.2 Å². The summed E-state index contributed by atoms with van der Waals surface area (Å²) < 4.78 is 4.69. The highest BCUT2D eigenvalue weighted by molar-refractivity contribution is 5.83. The highest BCUT2D eigenvalue weighted by Crippen LogP contribution is 2.32. The summed E-state index contributed by atoms with van der Waals surface area (Å²) in [5, 5.41) is 13.0. The van der Waals surface area contributed by atoms with E-state index in [1.165, 1.54) is 14.0 Å². The van der Waals surface area contributed by atoms with Crippen LogP contribution in [-0.4, -0.2) is 42.0 Å². The van der Waals surface area contributed by atoms with Crippen molar-refractivity contribution in [2.45, 2.75) is 51.0 Å². The van der Waals surface area contributed by atoms with Gasteiger partial charge in [0.15, 0.2) is 0 Å². The lowest BCUT2D eigenvalue weighted by molar-refractivity contribution is -0.148. The highest BCUT2D eigenvalue weighted by atomic mass is 16.5. The number of amides is 1. The molecule has 0 radical (unpaired) electrons. The van der Waals surface area contributed by atoms with Gasteiger partial charge in [-0.05, 0) is 32.6 Å². The second kappa shape index (κ2) is 7.38. The first-order valence-corrected chi connectivity index (χ1v) is 6.92. The SMILES string of the molecule is COC(=O)C1CCC(O)(CNC(=O)CCC(C)=O)CC1. The molecule has 1 fully saturated rings. The summed E-state index contributed by atoms with van der Waals surface area (Å²) >= 11 is 0. The molecule has 0 atom stereocenters. The number of aliphatic hydroxyl groups is 1. The van der Waals surface area contributed by atoms with Crippen molar-refractivity contribution >= 4 is 17.7 Å². The fourth-order valence-corrected chi connectivity index (χ4v) is 2.38. The first kappa shape index (κ1) is 16.6. The minimum absolute atomic E-state index is 0.0301. The number of nitrogens with one attached hydrogen (secondary N) is 1. The zero-order valence-corrected chi connectivity index (χ0v) is 12.1. The topological polar surface area (TPSA) is 92.7 Å². The third-order valence-electron chi connectivity index (χ3n) is 3.77. The van der Waals surface area contributed by atoms with E-state index in [0.717, 1.165) is 0 Å². The number of hydrogen-bond donors (Lipinski definition) is 2. The Hall–Kier alpha value is -1.43. The van der Waals surface area contributed by atoms with Crippen LogP contribution in [0.15, 0.2) is 0 Å². The second-order valence-electron chi connectivity index (χ2n) is 5.50. The number of hydrogen-bond acceptors (Lipinski definition) is 5. The molecule has 1 aliphatic carbocycles. The average Bonchev–Trinajstić information content (AvgIpc) is 2.43. The molecular weight excluding hydrogens is 262 g/mol. The zero-order chi connectivity index (χ0) is 15.2. The van der Waals surface area contributed by atoms with Crippen LogP contribution in [0.5, 0.6) is 0 Å². The molecule has 0 spiro atoms. The van der Waals surface area contributed by atoms with E-state index in [4.69, 9.17) is 0 Å². The van der Waals surface area contributed by atoms with Gasteiger partial charge in [0.2, 0.25) is 5.91 Å².